The zero-order valence-corrected chi connectivity index (χ0v) is 18.0. The molecule has 164 valence electrons. The highest BCUT2D eigenvalue weighted by atomic mass is 16.5. The summed E-state index contributed by atoms with van der Waals surface area (Å²) < 4.78 is 5.13. The van der Waals surface area contributed by atoms with Crippen molar-refractivity contribution in [2.75, 3.05) is 20.2 Å². The second-order valence-electron chi connectivity index (χ2n) is 8.03. The number of phenolic OH excluding ortho intramolecular Hbond substituents is 1. The van der Waals surface area contributed by atoms with Crippen molar-refractivity contribution in [3.05, 3.63) is 60.2 Å². The van der Waals surface area contributed by atoms with Crippen LogP contribution in [0.2, 0.25) is 0 Å². The number of methoxy groups -OCH3 is 1. The van der Waals surface area contributed by atoms with Crippen LogP contribution < -0.4 is 10.1 Å². The Morgan fingerprint density at radius 3 is 2.09 bits per heavy atom. The number of fused-ring (bicyclic) bond motifs is 2. The van der Waals surface area contributed by atoms with Gasteiger partial charge in [0.1, 0.15) is 17.5 Å². The third kappa shape index (κ3) is 3.45. The number of hydrogen-bond acceptors (Lipinski definition) is 6. The molecule has 5 aromatic rings. The van der Waals surface area contributed by atoms with E-state index >= 15 is 0 Å². The number of rotatable bonds is 4. The maximum Gasteiger partial charge on any atom is 0.160 e. The van der Waals surface area contributed by atoms with Crippen LogP contribution in [0.4, 0.5) is 0 Å². The molecule has 2 aromatic heterocycles. The second kappa shape index (κ2) is 7.67. The SMILES string of the molecule is COc1ccc(-c2nc3ccc(-c4nc5ccc(C6=NCCCN6)cc5[nH]4)cc3[nH]2)cc1O. The lowest BCUT2D eigenvalue weighted by Gasteiger charge is -2.14. The Hall–Kier alpha value is -4.33. The van der Waals surface area contributed by atoms with Crippen LogP contribution in [0.5, 0.6) is 11.5 Å². The highest BCUT2D eigenvalue weighted by molar-refractivity contribution is 6.01. The number of imidazole rings is 2. The van der Waals surface area contributed by atoms with Crippen LogP contribution in [-0.4, -0.2) is 51.1 Å². The van der Waals surface area contributed by atoms with Gasteiger partial charge in [0.15, 0.2) is 11.5 Å². The lowest BCUT2D eigenvalue weighted by molar-refractivity contribution is 0.373. The van der Waals surface area contributed by atoms with Crippen molar-refractivity contribution in [1.29, 1.82) is 0 Å². The topological polar surface area (TPSA) is 111 Å². The molecule has 1 aliphatic heterocycles. The molecular formula is C25H22N6O2. The summed E-state index contributed by atoms with van der Waals surface area (Å²) in [6.07, 6.45) is 1.07. The van der Waals surface area contributed by atoms with Gasteiger partial charge in [-0.3, -0.25) is 4.99 Å². The number of nitrogens with zero attached hydrogens (tertiary/aromatic N) is 3. The van der Waals surface area contributed by atoms with Gasteiger partial charge in [0.2, 0.25) is 0 Å². The van der Waals surface area contributed by atoms with Gasteiger partial charge in [-0.05, 0) is 61.0 Å². The molecule has 0 radical (unpaired) electrons. The largest absolute Gasteiger partial charge is 0.504 e. The number of aromatic amines is 2. The molecule has 0 saturated heterocycles. The number of aromatic hydroxyl groups is 1. The number of phenols is 1. The maximum atomic E-state index is 10.1. The van der Waals surface area contributed by atoms with Crippen LogP contribution >= 0.6 is 0 Å². The third-order valence-corrected chi connectivity index (χ3v) is 5.86. The number of aliphatic imine (C=N–C) groups is 1. The zero-order valence-electron chi connectivity index (χ0n) is 18.0. The minimum Gasteiger partial charge on any atom is -0.504 e. The molecule has 0 amide bonds. The van der Waals surface area contributed by atoms with Crippen LogP contribution in [0.3, 0.4) is 0 Å². The van der Waals surface area contributed by atoms with Gasteiger partial charge in [-0.1, -0.05) is 0 Å². The molecule has 0 fully saturated rings. The molecule has 1 aliphatic rings. The summed E-state index contributed by atoms with van der Waals surface area (Å²) >= 11 is 0. The standard InChI is InChI=1S/C25H22N6O2/c1-33-22-8-5-16(13-21(22)32)25-29-18-7-4-15(12-20(18)31-25)24-28-17-6-3-14(11-19(17)30-24)23-26-9-2-10-27-23/h3-8,11-13,32H,2,9-10H2,1H3,(H,26,27)(H,28,30)(H,29,31). The summed E-state index contributed by atoms with van der Waals surface area (Å²) in [7, 11) is 1.53. The number of H-pyrrole nitrogens is 2. The molecule has 0 atom stereocenters. The van der Waals surface area contributed by atoms with Gasteiger partial charge in [0.05, 0.1) is 29.2 Å². The average Bonchev–Trinajstić information content (AvgIpc) is 3.48. The number of amidine groups is 1. The Balaban J connectivity index is 1.35. The first kappa shape index (κ1) is 19.4. The van der Waals surface area contributed by atoms with Gasteiger partial charge in [0, 0.05) is 29.8 Å². The molecule has 33 heavy (non-hydrogen) atoms. The first-order chi connectivity index (χ1) is 16.2. The molecule has 8 nitrogen and oxygen atoms in total. The normalized spacial score (nSPS) is 13.8. The third-order valence-electron chi connectivity index (χ3n) is 5.86. The highest BCUT2D eigenvalue weighted by Gasteiger charge is 2.13. The Morgan fingerprint density at radius 1 is 0.818 bits per heavy atom. The number of aromatic nitrogens is 4. The fourth-order valence-electron chi connectivity index (χ4n) is 4.15. The van der Waals surface area contributed by atoms with Crippen LogP contribution in [-0.2, 0) is 0 Å². The van der Waals surface area contributed by atoms with Gasteiger partial charge in [-0.15, -0.1) is 0 Å². The van der Waals surface area contributed by atoms with E-state index in [-0.39, 0.29) is 5.75 Å². The van der Waals surface area contributed by atoms with Gasteiger partial charge >= 0.3 is 0 Å². The molecule has 0 aliphatic carbocycles. The molecule has 3 heterocycles. The predicted octanol–water partition coefficient (Wildman–Crippen LogP) is 4.23. The summed E-state index contributed by atoms with van der Waals surface area (Å²) in [4.78, 5) is 20.8. The Labute approximate surface area is 189 Å². The Bertz CT molecular complexity index is 1530. The van der Waals surface area contributed by atoms with Crippen molar-refractivity contribution < 1.29 is 9.84 Å². The van der Waals surface area contributed by atoms with Crippen molar-refractivity contribution >= 4 is 27.9 Å². The predicted molar refractivity (Wildman–Crippen MR) is 129 cm³/mol. The van der Waals surface area contributed by atoms with Gasteiger partial charge < -0.3 is 25.1 Å². The highest BCUT2D eigenvalue weighted by Crippen LogP contribution is 2.32. The molecule has 3 aromatic carbocycles. The van der Waals surface area contributed by atoms with Gasteiger partial charge in [-0.2, -0.15) is 0 Å². The van der Waals surface area contributed by atoms with Crippen LogP contribution in [0.1, 0.15) is 12.0 Å². The van der Waals surface area contributed by atoms with E-state index in [0.717, 1.165) is 69.9 Å². The lowest BCUT2D eigenvalue weighted by Crippen LogP contribution is -2.30. The average molecular weight is 438 g/mol. The summed E-state index contributed by atoms with van der Waals surface area (Å²) in [5.74, 6) is 2.91. The Morgan fingerprint density at radius 2 is 1.45 bits per heavy atom. The van der Waals surface area contributed by atoms with E-state index < -0.39 is 0 Å². The van der Waals surface area contributed by atoms with E-state index in [1.807, 2.05) is 30.3 Å². The van der Waals surface area contributed by atoms with E-state index in [1.165, 1.54) is 7.11 Å². The fraction of sp³-hybridized carbons (Fsp3) is 0.160. The van der Waals surface area contributed by atoms with Crippen LogP contribution in [0, 0.1) is 0 Å². The summed E-state index contributed by atoms with van der Waals surface area (Å²) in [5, 5.41) is 13.5. The van der Waals surface area contributed by atoms with Gasteiger partial charge in [-0.25, -0.2) is 9.97 Å². The second-order valence-corrected chi connectivity index (χ2v) is 8.03. The van der Waals surface area contributed by atoms with E-state index in [1.54, 1.807) is 12.1 Å². The molecule has 8 heteroatoms. The molecule has 0 unspecified atom stereocenters. The number of nitrogens with one attached hydrogen (secondary N) is 3. The van der Waals surface area contributed by atoms with E-state index in [4.69, 9.17) is 9.72 Å². The molecule has 0 spiro atoms. The smallest absolute Gasteiger partial charge is 0.160 e. The van der Waals surface area contributed by atoms with Crippen molar-refractivity contribution in [3.8, 4) is 34.3 Å². The maximum absolute atomic E-state index is 10.1. The monoisotopic (exact) mass is 438 g/mol. The van der Waals surface area contributed by atoms with E-state index in [2.05, 4.69) is 37.4 Å². The van der Waals surface area contributed by atoms with Gasteiger partial charge in [0.25, 0.3) is 0 Å². The number of ether oxygens (including phenoxy) is 1. The first-order valence-corrected chi connectivity index (χ1v) is 10.8. The molecule has 0 saturated carbocycles. The summed E-state index contributed by atoms with van der Waals surface area (Å²) in [6.45, 7) is 1.81. The minimum atomic E-state index is 0.0761. The van der Waals surface area contributed by atoms with Crippen molar-refractivity contribution in [3.63, 3.8) is 0 Å². The first-order valence-electron chi connectivity index (χ1n) is 10.8. The molecular weight excluding hydrogens is 416 g/mol. The molecule has 4 N–H and O–H groups in total. The summed E-state index contributed by atoms with van der Waals surface area (Å²) in [6, 6.07) is 17.4. The van der Waals surface area contributed by atoms with Crippen molar-refractivity contribution in [2.24, 2.45) is 4.99 Å². The zero-order chi connectivity index (χ0) is 22.4. The minimum absolute atomic E-state index is 0.0761. The molecule has 6 rings (SSSR count). The van der Waals surface area contributed by atoms with E-state index in [0.29, 0.717) is 11.6 Å². The van der Waals surface area contributed by atoms with Crippen molar-refractivity contribution in [2.45, 2.75) is 6.42 Å². The lowest BCUT2D eigenvalue weighted by atomic mass is 10.1. The number of hydrogen-bond donors (Lipinski definition) is 4. The summed E-state index contributed by atoms with van der Waals surface area (Å²) in [5.41, 5.74) is 6.40. The molecule has 0 bridgehead atoms. The quantitative estimate of drug-likeness (QED) is 0.336. The van der Waals surface area contributed by atoms with E-state index in [9.17, 15) is 5.11 Å². The van der Waals surface area contributed by atoms with Crippen LogP contribution in [0.15, 0.2) is 59.6 Å². The van der Waals surface area contributed by atoms with Crippen LogP contribution in [0.25, 0.3) is 44.8 Å². The number of benzene rings is 3. The van der Waals surface area contributed by atoms with Crippen molar-refractivity contribution in [1.82, 2.24) is 25.3 Å². The fourth-order valence-corrected chi connectivity index (χ4v) is 4.15. The Kier molecular flexibility index (Phi) is 4.50.